The van der Waals surface area contributed by atoms with E-state index in [2.05, 4.69) is 35.2 Å². The summed E-state index contributed by atoms with van der Waals surface area (Å²) in [6.45, 7) is 9.15. The number of hydrogen-bond acceptors (Lipinski definition) is 3. The molecule has 0 bridgehead atoms. The van der Waals surface area contributed by atoms with E-state index in [1.54, 1.807) is 0 Å². The van der Waals surface area contributed by atoms with Crippen LogP contribution in [-0.4, -0.2) is 47.9 Å². The number of carbonyl (C=O) groups excluding carboxylic acids is 1. The zero-order valence-corrected chi connectivity index (χ0v) is 15.1. The van der Waals surface area contributed by atoms with Crippen molar-refractivity contribution in [2.24, 2.45) is 17.1 Å². The number of piperidine rings is 1. The van der Waals surface area contributed by atoms with Crippen LogP contribution in [0.5, 0.6) is 0 Å². The van der Waals surface area contributed by atoms with Crippen LogP contribution in [0.2, 0.25) is 0 Å². The summed E-state index contributed by atoms with van der Waals surface area (Å²) in [5.74, 6) is 0.357. The van der Waals surface area contributed by atoms with Crippen molar-refractivity contribution in [3.05, 3.63) is 35.9 Å². The van der Waals surface area contributed by atoms with Crippen molar-refractivity contribution in [3.8, 4) is 0 Å². The van der Waals surface area contributed by atoms with Crippen molar-refractivity contribution >= 4 is 5.91 Å². The van der Waals surface area contributed by atoms with Crippen molar-refractivity contribution in [1.29, 1.82) is 0 Å². The molecule has 0 aliphatic carbocycles. The van der Waals surface area contributed by atoms with Gasteiger partial charge in [-0.15, -0.1) is 0 Å². The molecule has 1 unspecified atom stereocenters. The second kappa shape index (κ2) is 7.24. The van der Waals surface area contributed by atoms with Crippen LogP contribution in [0.15, 0.2) is 30.3 Å². The molecular weight excluding hydrogens is 298 g/mol. The molecule has 0 aromatic heterocycles. The van der Waals surface area contributed by atoms with Gasteiger partial charge in [-0.1, -0.05) is 44.2 Å². The Kier molecular flexibility index (Phi) is 5.26. The summed E-state index contributed by atoms with van der Waals surface area (Å²) in [6.07, 6.45) is 3.53. The third-order valence-electron chi connectivity index (χ3n) is 5.92. The summed E-state index contributed by atoms with van der Waals surface area (Å²) < 4.78 is 0. The maximum absolute atomic E-state index is 12.5. The van der Waals surface area contributed by atoms with E-state index in [1.807, 2.05) is 18.7 Å². The molecule has 4 nitrogen and oxygen atoms in total. The standard InChI is InChI=1S/C20H31N3O/c1-16(2)18(21)19(24)23-13-10-20(15-23)8-11-22(12-9-20)14-17-6-4-3-5-7-17/h3-7,16,18H,8-15,21H2,1-2H3. The van der Waals surface area contributed by atoms with Gasteiger partial charge < -0.3 is 10.6 Å². The highest BCUT2D eigenvalue weighted by atomic mass is 16.2. The van der Waals surface area contributed by atoms with Crippen LogP contribution in [0.4, 0.5) is 0 Å². The fourth-order valence-electron chi connectivity index (χ4n) is 4.05. The summed E-state index contributed by atoms with van der Waals surface area (Å²) in [5.41, 5.74) is 7.79. The Morgan fingerprint density at radius 3 is 2.38 bits per heavy atom. The summed E-state index contributed by atoms with van der Waals surface area (Å²) in [5, 5.41) is 0. The van der Waals surface area contributed by atoms with Gasteiger partial charge in [-0.05, 0) is 49.2 Å². The van der Waals surface area contributed by atoms with Crippen molar-refractivity contribution < 1.29 is 4.79 Å². The molecule has 2 N–H and O–H groups in total. The van der Waals surface area contributed by atoms with Crippen LogP contribution in [0.3, 0.4) is 0 Å². The van der Waals surface area contributed by atoms with Gasteiger partial charge in [-0.2, -0.15) is 0 Å². The minimum atomic E-state index is -0.349. The molecule has 2 heterocycles. The lowest BCUT2D eigenvalue weighted by atomic mass is 9.77. The number of amides is 1. The van der Waals surface area contributed by atoms with Crippen molar-refractivity contribution in [3.63, 3.8) is 0 Å². The fraction of sp³-hybridized carbons (Fsp3) is 0.650. The maximum atomic E-state index is 12.5. The Labute approximate surface area is 146 Å². The topological polar surface area (TPSA) is 49.6 Å². The lowest BCUT2D eigenvalue weighted by Gasteiger charge is -2.39. The van der Waals surface area contributed by atoms with E-state index in [-0.39, 0.29) is 17.9 Å². The Bertz CT molecular complexity index is 549. The van der Waals surface area contributed by atoms with Crippen LogP contribution in [-0.2, 0) is 11.3 Å². The van der Waals surface area contributed by atoms with Gasteiger partial charge in [0.05, 0.1) is 6.04 Å². The van der Waals surface area contributed by atoms with Crippen LogP contribution >= 0.6 is 0 Å². The smallest absolute Gasteiger partial charge is 0.239 e. The van der Waals surface area contributed by atoms with Crippen molar-refractivity contribution in [2.45, 2.75) is 45.7 Å². The number of carbonyl (C=O) groups is 1. The normalized spacial score (nSPS) is 22.2. The molecule has 4 heteroatoms. The Balaban J connectivity index is 1.52. The molecule has 24 heavy (non-hydrogen) atoms. The number of nitrogens with two attached hydrogens (primary N) is 1. The van der Waals surface area contributed by atoms with Crippen LogP contribution < -0.4 is 5.73 Å². The first kappa shape index (κ1) is 17.4. The second-order valence-electron chi connectivity index (χ2n) is 8.04. The van der Waals surface area contributed by atoms with E-state index in [0.29, 0.717) is 5.41 Å². The molecule has 1 spiro atoms. The third kappa shape index (κ3) is 3.81. The molecule has 0 radical (unpaired) electrons. The fourth-order valence-corrected chi connectivity index (χ4v) is 4.05. The Hall–Kier alpha value is -1.39. The van der Waals surface area contributed by atoms with Gasteiger partial charge in [0.1, 0.15) is 0 Å². The predicted molar refractivity (Wildman–Crippen MR) is 97.4 cm³/mol. The number of rotatable bonds is 4. The van der Waals surface area contributed by atoms with E-state index in [1.165, 1.54) is 18.4 Å². The molecule has 1 aromatic rings. The van der Waals surface area contributed by atoms with Gasteiger partial charge in [-0.3, -0.25) is 9.69 Å². The molecule has 1 atom stereocenters. The minimum Gasteiger partial charge on any atom is -0.341 e. The largest absolute Gasteiger partial charge is 0.341 e. The zero-order valence-electron chi connectivity index (χ0n) is 15.1. The average molecular weight is 329 g/mol. The van der Waals surface area contributed by atoms with Gasteiger partial charge in [0, 0.05) is 19.6 Å². The van der Waals surface area contributed by atoms with E-state index < -0.39 is 0 Å². The van der Waals surface area contributed by atoms with E-state index in [9.17, 15) is 4.79 Å². The van der Waals surface area contributed by atoms with E-state index >= 15 is 0 Å². The van der Waals surface area contributed by atoms with Crippen molar-refractivity contribution in [2.75, 3.05) is 26.2 Å². The SMILES string of the molecule is CC(C)C(N)C(=O)N1CCC2(CCN(Cc3ccccc3)CC2)C1. The highest BCUT2D eigenvalue weighted by Gasteiger charge is 2.42. The molecule has 2 aliphatic heterocycles. The van der Waals surface area contributed by atoms with Gasteiger partial charge in [0.25, 0.3) is 0 Å². The summed E-state index contributed by atoms with van der Waals surface area (Å²) in [4.78, 5) is 17.1. The van der Waals surface area contributed by atoms with Crippen molar-refractivity contribution in [1.82, 2.24) is 9.80 Å². The molecular formula is C20H31N3O. The summed E-state index contributed by atoms with van der Waals surface area (Å²) in [7, 11) is 0. The maximum Gasteiger partial charge on any atom is 0.239 e. The number of nitrogens with zero attached hydrogens (tertiary/aromatic N) is 2. The number of benzene rings is 1. The molecule has 2 fully saturated rings. The highest BCUT2D eigenvalue weighted by Crippen LogP contribution is 2.40. The molecule has 3 rings (SSSR count). The zero-order chi connectivity index (χ0) is 17.2. The molecule has 2 saturated heterocycles. The molecule has 1 amide bonds. The lowest BCUT2D eigenvalue weighted by Crippen LogP contribution is -2.47. The highest BCUT2D eigenvalue weighted by molar-refractivity contribution is 5.82. The third-order valence-corrected chi connectivity index (χ3v) is 5.92. The molecule has 132 valence electrons. The summed E-state index contributed by atoms with van der Waals surface area (Å²) in [6, 6.07) is 10.3. The number of hydrogen-bond donors (Lipinski definition) is 1. The van der Waals surface area contributed by atoms with Gasteiger partial charge >= 0.3 is 0 Å². The van der Waals surface area contributed by atoms with Crippen LogP contribution in [0, 0.1) is 11.3 Å². The monoisotopic (exact) mass is 329 g/mol. The molecule has 2 aliphatic rings. The van der Waals surface area contributed by atoms with E-state index in [4.69, 9.17) is 5.73 Å². The predicted octanol–water partition coefficient (Wildman–Crippen LogP) is 2.48. The first-order valence-electron chi connectivity index (χ1n) is 9.30. The van der Waals surface area contributed by atoms with Crippen LogP contribution in [0.1, 0.15) is 38.7 Å². The molecule has 1 aromatic carbocycles. The van der Waals surface area contributed by atoms with Gasteiger partial charge in [-0.25, -0.2) is 0 Å². The first-order chi connectivity index (χ1) is 11.5. The summed E-state index contributed by atoms with van der Waals surface area (Å²) >= 11 is 0. The Morgan fingerprint density at radius 1 is 1.12 bits per heavy atom. The lowest BCUT2D eigenvalue weighted by molar-refractivity contribution is -0.133. The number of likely N-dealkylation sites (tertiary alicyclic amines) is 2. The van der Waals surface area contributed by atoms with Gasteiger partial charge in [0.2, 0.25) is 5.91 Å². The molecule has 0 saturated carbocycles. The average Bonchev–Trinajstić information content (AvgIpc) is 3.00. The van der Waals surface area contributed by atoms with Gasteiger partial charge in [0.15, 0.2) is 0 Å². The first-order valence-corrected chi connectivity index (χ1v) is 9.30. The van der Waals surface area contributed by atoms with Crippen LogP contribution in [0.25, 0.3) is 0 Å². The second-order valence-corrected chi connectivity index (χ2v) is 8.04. The van der Waals surface area contributed by atoms with E-state index in [0.717, 1.165) is 39.1 Å². The Morgan fingerprint density at radius 2 is 1.75 bits per heavy atom. The minimum absolute atomic E-state index is 0.147. The quantitative estimate of drug-likeness (QED) is 0.923.